The first kappa shape index (κ1) is 13.8. The summed E-state index contributed by atoms with van der Waals surface area (Å²) in [6.45, 7) is 0. The van der Waals surface area contributed by atoms with Gasteiger partial charge in [-0.2, -0.15) is 0 Å². The van der Waals surface area contributed by atoms with Crippen molar-refractivity contribution in [3.8, 4) is 11.5 Å². The Hall–Kier alpha value is -0.600. The molecule has 0 saturated heterocycles. The highest BCUT2D eigenvalue weighted by atomic mass is 35.5. The normalized spacial score (nSPS) is 10.4. The van der Waals surface area contributed by atoms with Crippen molar-refractivity contribution in [1.29, 1.82) is 0 Å². The number of halogens is 4. The van der Waals surface area contributed by atoms with E-state index in [1.165, 1.54) is 0 Å². The topological polar surface area (TPSA) is 9.23 Å². The predicted octanol–water partition coefficient (Wildman–Crippen LogP) is 6.18. The summed E-state index contributed by atoms with van der Waals surface area (Å²) >= 11 is 23.9. The molecule has 0 N–H and O–H groups in total. The molecule has 0 spiro atoms. The summed E-state index contributed by atoms with van der Waals surface area (Å²) in [7, 11) is 0. The average Bonchev–Trinajstić information content (AvgIpc) is 2.36. The fraction of sp³-hybridized carbons (Fsp3) is 0.0769. The summed E-state index contributed by atoms with van der Waals surface area (Å²) < 4.78 is 5.71. The maximum Gasteiger partial charge on any atom is 0.150 e. The molecular weight excluding hydrogens is 314 g/mol. The number of alkyl halides is 1. The van der Waals surface area contributed by atoms with Crippen LogP contribution in [0.25, 0.3) is 0 Å². The van der Waals surface area contributed by atoms with Crippen molar-refractivity contribution in [3.63, 3.8) is 0 Å². The first-order valence-corrected chi connectivity index (χ1v) is 6.75. The average molecular weight is 322 g/mol. The van der Waals surface area contributed by atoms with Crippen LogP contribution in [0.4, 0.5) is 0 Å². The van der Waals surface area contributed by atoms with Gasteiger partial charge in [0.05, 0.1) is 15.9 Å². The second kappa shape index (κ2) is 6.03. The molecule has 0 amide bonds. The molecular formula is C13H8Cl4O. The Kier molecular flexibility index (Phi) is 4.63. The molecule has 2 aromatic carbocycles. The molecule has 0 unspecified atom stereocenters. The fourth-order valence-electron chi connectivity index (χ4n) is 1.44. The number of ether oxygens (including phenoxy) is 1. The lowest BCUT2D eigenvalue weighted by molar-refractivity contribution is 0.479. The van der Waals surface area contributed by atoms with Crippen LogP contribution in [0.2, 0.25) is 15.1 Å². The monoisotopic (exact) mass is 320 g/mol. The van der Waals surface area contributed by atoms with Gasteiger partial charge in [0.25, 0.3) is 0 Å². The first-order valence-electron chi connectivity index (χ1n) is 5.08. The number of benzene rings is 2. The minimum absolute atomic E-state index is 0.300. The molecule has 0 radical (unpaired) electrons. The summed E-state index contributed by atoms with van der Waals surface area (Å²) in [6.07, 6.45) is 0. The van der Waals surface area contributed by atoms with E-state index in [0.29, 0.717) is 32.4 Å². The Morgan fingerprint density at radius 2 is 1.72 bits per heavy atom. The highest BCUT2D eigenvalue weighted by molar-refractivity contribution is 6.34. The van der Waals surface area contributed by atoms with Gasteiger partial charge in [0.15, 0.2) is 0 Å². The van der Waals surface area contributed by atoms with Crippen LogP contribution in [0.3, 0.4) is 0 Å². The molecule has 0 heterocycles. The maximum absolute atomic E-state index is 6.09. The van der Waals surface area contributed by atoms with Gasteiger partial charge >= 0.3 is 0 Å². The van der Waals surface area contributed by atoms with E-state index in [0.717, 1.165) is 5.56 Å². The van der Waals surface area contributed by atoms with Crippen LogP contribution in [0.1, 0.15) is 5.56 Å². The minimum atomic E-state index is 0.300. The third-order valence-corrected chi connectivity index (χ3v) is 3.43. The van der Waals surface area contributed by atoms with E-state index in [1.807, 2.05) is 12.1 Å². The van der Waals surface area contributed by atoms with Gasteiger partial charge in [0.1, 0.15) is 11.5 Å². The lowest BCUT2D eigenvalue weighted by Gasteiger charge is -2.12. The smallest absolute Gasteiger partial charge is 0.150 e. The standard InChI is InChI=1S/C13H8Cl4O/c14-7-8-2-1-3-11(17)13(8)18-12-6-9(15)4-5-10(12)16/h1-6H,7H2. The van der Waals surface area contributed by atoms with Crippen LogP contribution in [0.15, 0.2) is 36.4 Å². The minimum Gasteiger partial charge on any atom is -0.454 e. The van der Waals surface area contributed by atoms with Gasteiger partial charge in [0, 0.05) is 16.7 Å². The third-order valence-electron chi connectivity index (χ3n) is 2.30. The Labute approximate surface area is 125 Å². The summed E-state index contributed by atoms with van der Waals surface area (Å²) in [5.74, 6) is 1.25. The summed E-state index contributed by atoms with van der Waals surface area (Å²) in [6, 6.07) is 10.4. The van der Waals surface area contributed by atoms with Gasteiger partial charge < -0.3 is 4.74 Å². The largest absolute Gasteiger partial charge is 0.454 e. The molecule has 0 atom stereocenters. The van der Waals surface area contributed by atoms with Crippen LogP contribution in [0.5, 0.6) is 11.5 Å². The number of para-hydroxylation sites is 1. The Morgan fingerprint density at radius 3 is 2.44 bits per heavy atom. The van der Waals surface area contributed by atoms with Crippen molar-refractivity contribution in [3.05, 3.63) is 57.0 Å². The molecule has 0 aliphatic heterocycles. The molecule has 18 heavy (non-hydrogen) atoms. The molecule has 0 fully saturated rings. The van der Waals surface area contributed by atoms with E-state index in [4.69, 9.17) is 51.1 Å². The van der Waals surface area contributed by atoms with Crippen LogP contribution < -0.4 is 4.74 Å². The SMILES string of the molecule is ClCc1cccc(Cl)c1Oc1cc(Cl)ccc1Cl. The first-order chi connectivity index (χ1) is 8.61. The van der Waals surface area contributed by atoms with Gasteiger partial charge in [-0.25, -0.2) is 0 Å². The van der Waals surface area contributed by atoms with Crippen LogP contribution in [-0.2, 0) is 5.88 Å². The van der Waals surface area contributed by atoms with Crippen molar-refractivity contribution in [2.24, 2.45) is 0 Å². The van der Waals surface area contributed by atoms with E-state index in [2.05, 4.69) is 0 Å². The van der Waals surface area contributed by atoms with E-state index >= 15 is 0 Å². The highest BCUT2D eigenvalue weighted by Gasteiger charge is 2.11. The van der Waals surface area contributed by atoms with E-state index in [9.17, 15) is 0 Å². The van der Waals surface area contributed by atoms with Crippen molar-refractivity contribution in [2.45, 2.75) is 5.88 Å². The molecule has 0 aliphatic rings. The van der Waals surface area contributed by atoms with Crippen LogP contribution in [0, 0.1) is 0 Å². The fourth-order valence-corrected chi connectivity index (χ4v) is 2.20. The predicted molar refractivity (Wildman–Crippen MR) is 77.5 cm³/mol. The third kappa shape index (κ3) is 3.04. The zero-order valence-corrected chi connectivity index (χ0v) is 12.1. The molecule has 94 valence electrons. The van der Waals surface area contributed by atoms with Crippen molar-refractivity contribution in [2.75, 3.05) is 0 Å². The highest BCUT2D eigenvalue weighted by Crippen LogP contribution is 2.37. The molecule has 5 heteroatoms. The number of hydrogen-bond acceptors (Lipinski definition) is 1. The van der Waals surface area contributed by atoms with Crippen molar-refractivity contribution in [1.82, 2.24) is 0 Å². The summed E-state index contributed by atoms with van der Waals surface area (Å²) in [4.78, 5) is 0. The molecule has 2 rings (SSSR count). The van der Waals surface area contributed by atoms with Gasteiger partial charge in [-0.3, -0.25) is 0 Å². The van der Waals surface area contributed by atoms with Gasteiger partial charge in [-0.05, 0) is 18.2 Å². The molecule has 1 nitrogen and oxygen atoms in total. The van der Waals surface area contributed by atoms with Gasteiger partial charge in [0.2, 0.25) is 0 Å². The summed E-state index contributed by atoms with van der Waals surface area (Å²) in [5, 5.41) is 1.47. The molecule has 0 aliphatic carbocycles. The molecule has 2 aromatic rings. The lowest BCUT2D eigenvalue weighted by atomic mass is 10.2. The summed E-state index contributed by atoms with van der Waals surface area (Å²) in [5.41, 5.74) is 0.792. The zero-order valence-electron chi connectivity index (χ0n) is 9.09. The Morgan fingerprint density at radius 1 is 0.944 bits per heavy atom. The van der Waals surface area contributed by atoms with Crippen LogP contribution in [-0.4, -0.2) is 0 Å². The van der Waals surface area contributed by atoms with E-state index < -0.39 is 0 Å². The number of hydrogen-bond donors (Lipinski definition) is 0. The molecule has 0 aromatic heterocycles. The lowest BCUT2D eigenvalue weighted by Crippen LogP contribution is -1.91. The van der Waals surface area contributed by atoms with Crippen LogP contribution >= 0.6 is 46.4 Å². The van der Waals surface area contributed by atoms with E-state index in [-0.39, 0.29) is 0 Å². The second-order valence-electron chi connectivity index (χ2n) is 3.54. The Bertz CT molecular complexity index is 569. The number of rotatable bonds is 3. The second-order valence-corrected chi connectivity index (χ2v) is 5.06. The van der Waals surface area contributed by atoms with Crippen molar-refractivity contribution < 1.29 is 4.74 Å². The molecule has 0 saturated carbocycles. The van der Waals surface area contributed by atoms with Crippen molar-refractivity contribution >= 4 is 46.4 Å². The quantitative estimate of drug-likeness (QED) is 0.613. The maximum atomic E-state index is 6.09. The van der Waals surface area contributed by atoms with Gasteiger partial charge in [-0.1, -0.05) is 46.9 Å². The zero-order chi connectivity index (χ0) is 13.1. The Balaban J connectivity index is 2.42. The molecule has 0 bridgehead atoms. The van der Waals surface area contributed by atoms with Gasteiger partial charge in [-0.15, -0.1) is 11.6 Å². The van der Waals surface area contributed by atoms with E-state index in [1.54, 1.807) is 24.3 Å².